The van der Waals surface area contributed by atoms with Crippen LogP contribution in [0, 0.1) is 13.8 Å². The van der Waals surface area contributed by atoms with E-state index in [0.29, 0.717) is 5.75 Å². The standard InChI is InChI=1S/C23H33N5OS/c1-5-6-12-26(4)21(29)17-30-23-22(24-10-11-25-23)28-15-13-27(14-16-28)20-9-7-8-18(2)19(20)3/h7-11H,5-6,12-17H2,1-4H3. The van der Waals surface area contributed by atoms with E-state index in [-0.39, 0.29) is 5.91 Å². The smallest absolute Gasteiger partial charge is 0.232 e. The Morgan fingerprint density at radius 1 is 1.10 bits per heavy atom. The summed E-state index contributed by atoms with van der Waals surface area (Å²) in [5.74, 6) is 1.44. The van der Waals surface area contributed by atoms with E-state index in [1.807, 2.05) is 11.9 Å². The van der Waals surface area contributed by atoms with Crippen LogP contribution in [0.4, 0.5) is 11.5 Å². The fourth-order valence-corrected chi connectivity index (χ4v) is 4.56. The Hall–Kier alpha value is -2.28. The summed E-state index contributed by atoms with van der Waals surface area (Å²) < 4.78 is 0. The Morgan fingerprint density at radius 3 is 2.53 bits per heavy atom. The van der Waals surface area contributed by atoms with Gasteiger partial charge in [-0.15, -0.1) is 0 Å². The lowest BCUT2D eigenvalue weighted by Crippen LogP contribution is -2.47. The molecule has 1 fully saturated rings. The normalized spacial score (nSPS) is 14.1. The molecule has 0 radical (unpaired) electrons. The van der Waals surface area contributed by atoms with Crippen LogP contribution in [-0.2, 0) is 4.79 Å². The van der Waals surface area contributed by atoms with E-state index in [4.69, 9.17) is 0 Å². The van der Waals surface area contributed by atoms with Crippen molar-refractivity contribution in [3.05, 3.63) is 41.7 Å². The van der Waals surface area contributed by atoms with Crippen LogP contribution in [0.3, 0.4) is 0 Å². The van der Waals surface area contributed by atoms with Gasteiger partial charge in [-0.3, -0.25) is 4.79 Å². The van der Waals surface area contributed by atoms with E-state index in [0.717, 1.165) is 56.4 Å². The Labute approximate surface area is 184 Å². The highest BCUT2D eigenvalue weighted by Gasteiger charge is 2.23. The zero-order chi connectivity index (χ0) is 21.5. The first-order valence-corrected chi connectivity index (χ1v) is 11.7. The van der Waals surface area contributed by atoms with Gasteiger partial charge in [0.2, 0.25) is 5.91 Å². The van der Waals surface area contributed by atoms with Crippen molar-refractivity contribution < 1.29 is 4.79 Å². The number of nitrogens with zero attached hydrogens (tertiary/aromatic N) is 5. The van der Waals surface area contributed by atoms with Crippen molar-refractivity contribution in [1.82, 2.24) is 14.9 Å². The number of benzene rings is 1. The van der Waals surface area contributed by atoms with Crippen molar-refractivity contribution in [2.45, 2.75) is 38.6 Å². The Balaban J connectivity index is 1.61. The molecule has 1 aromatic heterocycles. The van der Waals surface area contributed by atoms with E-state index in [9.17, 15) is 4.79 Å². The highest BCUT2D eigenvalue weighted by Crippen LogP contribution is 2.29. The number of hydrogen-bond acceptors (Lipinski definition) is 6. The number of unbranched alkanes of at least 4 members (excludes halogenated alkanes) is 1. The fourth-order valence-electron chi connectivity index (χ4n) is 3.63. The molecule has 3 rings (SSSR count). The second-order valence-corrected chi connectivity index (χ2v) is 8.80. The predicted molar refractivity (Wildman–Crippen MR) is 126 cm³/mol. The SMILES string of the molecule is CCCCN(C)C(=O)CSc1nccnc1N1CCN(c2cccc(C)c2C)CC1. The number of rotatable bonds is 8. The lowest BCUT2D eigenvalue weighted by Gasteiger charge is -2.38. The molecule has 1 aliphatic rings. The molecule has 162 valence electrons. The number of anilines is 2. The van der Waals surface area contributed by atoms with Crippen molar-refractivity contribution in [2.75, 3.05) is 55.3 Å². The monoisotopic (exact) mass is 427 g/mol. The summed E-state index contributed by atoms with van der Waals surface area (Å²) in [5.41, 5.74) is 4.01. The number of carbonyl (C=O) groups excluding carboxylic acids is 1. The number of aromatic nitrogens is 2. The molecule has 1 amide bonds. The summed E-state index contributed by atoms with van der Waals surface area (Å²) in [5, 5.41) is 0.843. The lowest BCUT2D eigenvalue weighted by molar-refractivity contribution is -0.127. The van der Waals surface area contributed by atoms with Gasteiger partial charge in [-0.05, 0) is 37.5 Å². The van der Waals surface area contributed by atoms with Gasteiger partial charge in [-0.1, -0.05) is 37.2 Å². The van der Waals surface area contributed by atoms with Crippen LogP contribution in [0.5, 0.6) is 0 Å². The molecule has 1 aromatic carbocycles. The van der Waals surface area contributed by atoms with Crippen molar-refractivity contribution >= 4 is 29.2 Å². The van der Waals surface area contributed by atoms with E-state index < -0.39 is 0 Å². The molecule has 1 aliphatic heterocycles. The molecular formula is C23H33N5OS. The molecule has 6 nitrogen and oxygen atoms in total. The third kappa shape index (κ3) is 5.45. The van der Waals surface area contributed by atoms with Gasteiger partial charge in [0.15, 0.2) is 5.82 Å². The Morgan fingerprint density at radius 2 is 1.80 bits per heavy atom. The second-order valence-electron chi connectivity index (χ2n) is 7.84. The minimum atomic E-state index is 0.143. The van der Waals surface area contributed by atoms with E-state index in [1.165, 1.54) is 28.6 Å². The molecule has 1 saturated heterocycles. The molecule has 0 saturated carbocycles. The van der Waals surface area contributed by atoms with E-state index in [1.54, 1.807) is 12.4 Å². The molecule has 0 N–H and O–H groups in total. The molecule has 0 unspecified atom stereocenters. The maximum atomic E-state index is 12.4. The number of carbonyl (C=O) groups is 1. The number of amides is 1. The molecule has 7 heteroatoms. The zero-order valence-corrected chi connectivity index (χ0v) is 19.4. The molecule has 0 atom stereocenters. The predicted octanol–water partition coefficient (Wildman–Crippen LogP) is 3.77. The summed E-state index contributed by atoms with van der Waals surface area (Å²) in [4.78, 5) is 28.1. The molecule has 0 spiro atoms. The largest absolute Gasteiger partial charge is 0.368 e. The van der Waals surface area contributed by atoms with Gasteiger partial charge in [0.1, 0.15) is 5.03 Å². The quantitative estimate of drug-likeness (QED) is 0.598. The summed E-state index contributed by atoms with van der Waals surface area (Å²) in [7, 11) is 1.88. The summed E-state index contributed by atoms with van der Waals surface area (Å²) >= 11 is 1.49. The van der Waals surface area contributed by atoms with Gasteiger partial charge in [0.25, 0.3) is 0 Å². The highest BCUT2D eigenvalue weighted by molar-refractivity contribution is 8.00. The average Bonchev–Trinajstić information content (AvgIpc) is 2.78. The van der Waals surface area contributed by atoms with Gasteiger partial charge in [-0.2, -0.15) is 0 Å². The Kier molecular flexibility index (Phi) is 7.96. The number of piperazine rings is 1. The maximum Gasteiger partial charge on any atom is 0.232 e. The van der Waals surface area contributed by atoms with Crippen molar-refractivity contribution in [2.24, 2.45) is 0 Å². The van der Waals surface area contributed by atoms with Gasteiger partial charge >= 0.3 is 0 Å². The van der Waals surface area contributed by atoms with Crippen LogP contribution in [0.15, 0.2) is 35.6 Å². The van der Waals surface area contributed by atoms with Crippen LogP contribution in [0.1, 0.15) is 30.9 Å². The van der Waals surface area contributed by atoms with Crippen LogP contribution < -0.4 is 9.80 Å². The van der Waals surface area contributed by atoms with Crippen LogP contribution in [0.2, 0.25) is 0 Å². The minimum Gasteiger partial charge on any atom is -0.368 e. The molecule has 0 bridgehead atoms. The van der Waals surface area contributed by atoms with Crippen LogP contribution >= 0.6 is 11.8 Å². The number of thioether (sulfide) groups is 1. The third-order valence-corrected chi connectivity index (χ3v) is 6.70. The van der Waals surface area contributed by atoms with Crippen LogP contribution in [-0.4, -0.2) is 66.3 Å². The second kappa shape index (κ2) is 10.7. The molecule has 0 aliphatic carbocycles. The van der Waals surface area contributed by atoms with E-state index in [2.05, 4.69) is 58.7 Å². The zero-order valence-electron chi connectivity index (χ0n) is 18.6. The van der Waals surface area contributed by atoms with Gasteiger partial charge in [-0.25, -0.2) is 9.97 Å². The molecular weight excluding hydrogens is 394 g/mol. The molecule has 2 aromatic rings. The topological polar surface area (TPSA) is 52.6 Å². The van der Waals surface area contributed by atoms with Gasteiger partial charge in [0, 0.05) is 57.9 Å². The minimum absolute atomic E-state index is 0.143. The maximum absolute atomic E-state index is 12.4. The fraction of sp³-hybridized carbons (Fsp3) is 0.522. The average molecular weight is 428 g/mol. The number of aryl methyl sites for hydroxylation is 1. The summed E-state index contributed by atoms with van der Waals surface area (Å²) in [6.45, 7) is 11.0. The van der Waals surface area contributed by atoms with Gasteiger partial charge in [0.05, 0.1) is 5.75 Å². The van der Waals surface area contributed by atoms with E-state index >= 15 is 0 Å². The highest BCUT2D eigenvalue weighted by atomic mass is 32.2. The van der Waals surface area contributed by atoms with Crippen LogP contribution in [0.25, 0.3) is 0 Å². The van der Waals surface area contributed by atoms with Gasteiger partial charge < -0.3 is 14.7 Å². The van der Waals surface area contributed by atoms with Crippen molar-refractivity contribution in [1.29, 1.82) is 0 Å². The summed E-state index contributed by atoms with van der Waals surface area (Å²) in [6.07, 6.45) is 5.58. The molecule has 30 heavy (non-hydrogen) atoms. The van der Waals surface area contributed by atoms with Crippen molar-refractivity contribution in [3.63, 3.8) is 0 Å². The number of hydrogen-bond donors (Lipinski definition) is 0. The molecule has 2 heterocycles. The third-order valence-electron chi connectivity index (χ3n) is 5.75. The summed E-state index contributed by atoms with van der Waals surface area (Å²) in [6, 6.07) is 6.51. The van der Waals surface area contributed by atoms with Crippen molar-refractivity contribution in [3.8, 4) is 0 Å². The lowest BCUT2D eigenvalue weighted by atomic mass is 10.1. The first-order chi connectivity index (χ1) is 14.5. The first-order valence-electron chi connectivity index (χ1n) is 10.7. The first kappa shape index (κ1) is 22.4. The Bertz CT molecular complexity index is 851.